The largest absolute Gasteiger partial charge is 0.497 e. The second-order valence-corrected chi connectivity index (χ2v) is 8.80. The molecule has 2 heterocycles. The van der Waals surface area contributed by atoms with E-state index in [9.17, 15) is 14.7 Å². The molecular formula is C22H29N3O6. The zero-order valence-electron chi connectivity index (χ0n) is 18.8. The van der Waals surface area contributed by atoms with Gasteiger partial charge in [-0.05, 0) is 46.2 Å². The first-order valence-corrected chi connectivity index (χ1v) is 10.2. The number of aliphatic carboxylic acids is 1. The van der Waals surface area contributed by atoms with E-state index in [4.69, 9.17) is 14.2 Å². The van der Waals surface area contributed by atoms with Crippen LogP contribution >= 0.6 is 0 Å². The topological polar surface area (TPSA) is 111 Å². The fourth-order valence-corrected chi connectivity index (χ4v) is 3.56. The van der Waals surface area contributed by atoms with Gasteiger partial charge in [0.05, 0.1) is 24.7 Å². The predicted molar refractivity (Wildman–Crippen MR) is 113 cm³/mol. The number of fused-ring (bicyclic) bond motifs is 1. The quantitative estimate of drug-likeness (QED) is 0.766. The van der Waals surface area contributed by atoms with Crippen molar-refractivity contribution in [1.29, 1.82) is 0 Å². The van der Waals surface area contributed by atoms with Crippen molar-refractivity contribution in [2.24, 2.45) is 0 Å². The van der Waals surface area contributed by atoms with Gasteiger partial charge in [0.15, 0.2) is 0 Å². The third-order valence-corrected chi connectivity index (χ3v) is 5.20. The highest BCUT2D eigenvalue weighted by Gasteiger charge is 2.52. The van der Waals surface area contributed by atoms with Crippen LogP contribution in [0.25, 0.3) is 11.0 Å². The maximum Gasteiger partial charge on any atom is 0.411 e. The first-order chi connectivity index (χ1) is 14.5. The minimum atomic E-state index is -1.45. The molecule has 1 saturated heterocycles. The summed E-state index contributed by atoms with van der Waals surface area (Å²) in [6.45, 7) is 8.72. The van der Waals surface area contributed by atoms with Gasteiger partial charge in [-0.15, -0.1) is 0 Å². The molecule has 0 bridgehead atoms. The summed E-state index contributed by atoms with van der Waals surface area (Å²) < 4.78 is 16.8. The summed E-state index contributed by atoms with van der Waals surface area (Å²) in [4.78, 5) is 35.1. The highest BCUT2D eigenvalue weighted by molar-refractivity contribution is 5.85. The lowest BCUT2D eigenvalue weighted by Gasteiger charge is -2.32. The number of methoxy groups -OCH3 is 1. The minimum absolute atomic E-state index is 0.0682. The van der Waals surface area contributed by atoms with E-state index in [2.05, 4.69) is 9.97 Å². The number of aromatic nitrogens is 2. The van der Waals surface area contributed by atoms with Crippen LogP contribution in [-0.4, -0.2) is 62.9 Å². The normalized spacial score (nSPS) is 21.2. The predicted octanol–water partition coefficient (Wildman–Crippen LogP) is 3.43. The maximum atomic E-state index is 12.7. The van der Waals surface area contributed by atoms with Gasteiger partial charge in [0.2, 0.25) is 5.88 Å². The van der Waals surface area contributed by atoms with Crippen molar-refractivity contribution in [3.8, 4) is 11.6 Å². The summed E-state index contributed by atoms with van der Waals surface area (Å²) in [7, 11) is 1.57. The second-order valence-electron chi connectivity index (χ2n) is 8.80. The van der Waals surface area contributed by atoms with Gasteiger partial charge in [-0.1, -0.05) is 6.92 Å². The molecule has 9 nitrogen and oxygen atoms in total. The van der Waals surface area contributed by atoms with Crippen molar-refractivity contribution in [1.82, 2.24) is 14.9 Å². The average Bonchev–Trinajstić information content (AvgIpc) is 3.03. The Morgan fingerprint density at radius 2 is 1.97 bits per heavy atom. The van der Waals surface area contributed by atoms with Crippen molar-refractivity contribution in [3.63, 3.8) is 0 Å². The molecule has 1 N–H and O–H groups in total. The molecule has 0 unspecified atom stereocenters. The minimum Gasteiger partial charge on any atom is -0.497 e. The van der Waals surface area contributed by atoms with E-state index in [-0.39, 0.29) is 13.0 Å². The van der Waals surface area contributed by atoms with Crippen LogP contribution in [-0.2, 0) is 16.0 Å². The molecule has 31 heavy (non-hydrogen) atoms. The molecule has 9 heteroatoms. The summed E-state index contributed by atoms with van der Waals surface area (Å²) in [5, 5.41) is 9.83. The molecule has 1 aliphatic rings. The Bertz CT molecular complexity index is 1000. The monoisotopic (exact) mass is 431 g/mol. The number of aryl methyl sites for hydroxylation is 1. The van der Waals surface area contributed by atoms with Gasteiger partial charge < -0.3 is 19.3 Å². The zero-order valence-corrected chi connectivity index (χ0v) is 18.8. The van der Waals surface area contributed by atoms with Crippen molar-refractivity contribution < 1.29 is 28.9 Å². The number of carbonyl (C=O) groups excluding carboxylic acids is 1. The summed E-state index contributed by atoms with van der Waals surface area (Å²) in [6.07, 6.45) is -0.573. The van der Waals surface area contributed by atoms with Crippen LogP contribution in [0.5, 0.6) is 11.6 Å². The van der Waals surface area contributed by atoms with Crippen LogP contribution in [0.2, 0.25) is 0 Å². The van der Waals surface area contributed by atoms with Gasteiger partial charge in [-0.3, -0.25) is 4.90 Å². The second kappa shape index (κ2) is 8.20. The molecule has 168 valence electrons. The first kappa shape index (κ1) is 22.6. The van der Waals surface area contributed by atoms with Gasteiger partial charge in [0, 0.05) is 12.5 Å². The van der Waals surface area contributed by atoms with E-state index in [0.29, 0.717) is 34.8 Å². The van der Waals surface area contributed by atoms with Gasteiger partial charge in [0.25, 0.3) is 0 Å². The number of carboxylic acid groups (broad SMARTS) is 1. The number of likely N-dealkylation sites (tertiary alicyclic amines) is 1. The lowest BCUT2D eigenvalue weighted by molar-refractivity contribution is -0.148. The summed E-state index contributed by atoms with van der Waals surface area (Å²) in [5.74, 6) is -0.144. The van der Waals surface area contributed by atoms with Gasteiger partial charge >= 0.3 is 12.1 Å². The smallest absolute Gasteiger partial charge is 0.411 e. The van der Waals surface area contributed by atoms with E-state index < -0.39 is 29.3 Å². The fourth-order valence-electron chi connectivity index (χ4n) is 3.56. The lowest BCUT2D eigenvalue weighted by atomic mass is 9.99. The molecule has 1 aliphatic heterocycles. The third-order valence-electron chi connectivity index (χ3n) is 5.20. The maximum absolute atomic E-state index is 12.7. The fraction of sp³-hybridized carbons (Fsp3) is 0.545. The van der Waals surface area contributed by atoms with Crippen molar-refractivity contribution in [3.05, 3.63) is 23.9 Å². The molecule has 0 saturated carbocycles. The summed E-state index contributed by atoms with van der Waals surface area (Å²) in [6, 6.07) is 5.40. The highest BCUT2D eigenvalue weighted by Crippen LogP contribution is 2.34. The zero-order chi connectivity index (χ0) is 23.0. The van der Waals surface area contributed by atoms with Crippen molar-refractivity contribution >= 4 is 23.1 Å². The van der Waals surface area contributed by atoms with Gasteiger partial charge in [-0.2, -0.15) is 0 Å². The number of hydrogen-bond donors (Lipinski definition) is 1. The van der Waals surface area contributed by atoms with E-state index >= 15 is 0 Å². The number of benzene rings is 1. The third kappa shape index (κ3) is 4.65. The molecular weight excluding hydrogens is 402 g/mol. The number of amides is 1. The Morgan fingerprint density at radius 1 is 1.26 bits per heavy atom. The first-order valence-electron chi connectivity index (χ1n) is 10.2. The van der Waals surface area contributed by atoms with Crippen LogP contribution in [0.3, 0.4) is 0 Å². The number of rotatable bonds is 5. The molecule has 3 rings (SSSR count). The van der Waals surface area contributed by atoms with E-state index in [1.807, 2.05) is 19.1 Å². The Kier molecular flexibility index (Phi) is 5.98. The molecule has 1 aromatic carbocycles. The molecule has 1 aromatic heterocycles. The standard InChI is InChI=1S/C22H29N3O6/c1-7-15-18(24-17-10-13(29-6)8-9-16(17)23-15)30-14-11-22(5,19(26)27)25(12-14)20(28)31-21(2,3)4/h8-10,14H,7,11-12H2,1-6H3,(H,26,27)/t14-,22+/m1/s1. The van der Waals surface area contributed by atoms with Crippen LogP contribution in [0.15, 0.2) is 18.2 Å². The number of ether oxygens (including phenoxy) is 3. The summed E-state index contributed by atoms with van der Waals surface area (Å²) in [5.41, 5.74) is -0.220. The Balaban J connectivity index is 1.90. The number of carboxylic acids is 1. The van der Waals surface area contributed by atoms with Crippen LogP contribution in [0, 0.1) is 0 Å². The SMILES string of the molecule is CCc1nc2ccc(OC)cc2nc1O[C@H]1CN(C(=O)OC(C)(C)C)[C@](C)(C(=O)O)C1. The Labute approximate surface area is 181 Å². The highest BCUT2D eigenvalue weighted by atomic mass is 16.6. The molecule has 2 atom stereocenters. The summed E-state index contributed by atoms with van der Waals surface area (Å²) >= 11 is 0. The van der Waals surface area contributed by atoms with Gasteiger partial charge in [-0.25, -0.2) is 19.6 Å². The molecule has 0 aliphatic carbocycles. The molecule has 0 spiro atoms. The Hall–Kier alpha value is -3.10. The lowest BCUT2D eigenvalue weighted by Crippen LogP contribution is -2.52. The number of carbonyl (C=O) groups is 2. The van der Waals surface area contributed by atoms with Crippen LogP contribution in [0.4, 0.5) is 4.79 Å². The van der Waals surface area contributed by atoms with E-state index in [1.165, 1.54) is 11.8 Å². The molecule has 1 fully saturated rings. The van der Waals surface area contributed by atoms with E-state index in [1.54, 1.807) is 33.9 Å². The van der Waals surface area contributed by atoms with Crippen LogP contribution < -0.4 is 9.47 Å². The molecule has 1 amide bonds. The number of hydrogen-bond acceptors (Lipinski definition) is 7. The van der Waals surface area contributed by atoms with Crippen LogP contribution in [0.1, 0.15) is 46.7 Å². The molecule has 0 radical (unpaired) electrons. The van der Waals surface area contributed by atoms with Gasteiger partial charge in [0.1, 0.15) is 28.7 Å². The average molecular weight is 431 g/mol. The number of nitrogens with zero attached hydrogens (tertiary/aromatic N) is 3. The van der Waals surface area contributed by atoms with Crippen molar-refractivity contribution in [2.45, 2.75) is 64.7 Å². The Morgan fingerprint density at radius 3 is 2.55 bits per heavy atom. The van der Waals surface area contributed by atoms with E-state index in [0.717, 1.165) is 0 Å². The van der Waals surface area contributed by atoms with Crippen molar-refractivity contribution in [2.75, 3.05) is 13.7 Å². The molecule has 2 aromatic rings.